The van der Waals surface area contributed by atoms with E-state index in [1.807, 2.05) is 0 Å². The van der Waals surface area contributed by atoms with Gasteiger partial charge in [-0.05, 0) is 25.1 Å². The molecular weight excluding hydrogens is 331 g/mol. The molecule has 3 nitrogen and oxygen atoms in total. The molecule has 1 N–H and O–H groups in total. The minimum absolute atomic E-state index is 0.144. The number of phenolic OH excluding ortho intramolecular Hbond substituents is 1. The van der Waals surface area contributed by atoms with Gasteiger partial charge in [0.15, 0.2) is 11.5 Å². The number of benzene rings is 2. The number of aliphatic imine (C=N–C) groups is 1. The molecule has 2 rings (SSSR count). The highest BCUT2D eigenvalue weighted by Crippen LogP contribution is 2.37. The molecule has 0 aromatic heterocycles. The van der Waals surface area contributed by atoms with Crippen LogP contribution in [0.25, 0.3) is 0 Å². The molecule has 0 saturated heterocycles. The normalized spacial score (nSPS) is 11.9. The van der Waals surface area contributed by atoms with Gasteiger partial charge in [0.1, 0.15) is 0 Å². The quantitative estimate of drug-likeness (QED) is 0.774. The minimum atomic E-state index is -4.51. The molecule has 0 fully saturated rings. The van der Waals surface area contributed by atoms with Crippen LogP contribution in [-0.4, -0.2) is 17.9 Å². The number of rotatable bonds is 4. The van der Waals surface area contributed by atoms with Gasteiger partial charge in [0.25, 0.3) is 0 Å². The summed E-state index contributed by atoms with van der Waals surface area (Å²) in [5.74, 6) is -0.0879. The third kappa shape index (κ3) is 4.16. The van der Waals surface area contributed by atoms with Gasteiger partial charge in [-0.2, -0.15) is 13.2 Å². The van der Waals surface area contributed by atoms with Crippen molar-refractivity contribution in [2.24, 2.45) is 4.99 Å². The summed E-state index contributed by atoms with van der Waals surface area (Å²) in [5.41, 5.74) is -0.946. The van der Waals surface area contributed by atoms with Crippen molar-refractivity contribution in [2.75, 3.05) is 6.61 Å². The highest BCUT2D eigenvalue weighted by molar-refractivity contribution is 6.31. The molecule has 7 heteroatoms. The van der Waals surface area contributed by atoms with Gasteiger partial charge in [-0.1, -0.05) is 23.7 Å². The molecule has 0 spiro atoms. The maximum Gasteiger partial charge on any atom is 0.418 e. The van der Waals surface area contributed by atoms with Crippen LogP contribution in [0.3, 0.4) is 0 Å². The van der Waals surface area contributed by atoms with Crippen molar-refractivity contribution in [1.82, 2.24) is 0 Å². The largest absolute Gasteiger partial charge is 0.504 e. The number of hydrogen-bond acceptors (Lipinski definition) is 3. The van der Waals surface area contributed by atoms with E-state index in [2.05, 4.69) is 4.99 Å². The van der Waals surface area contributed by atoms with Crippen molar-refractivity contribution >= 4 is 23.5 Å². The van der Waals surface area contributed by atoms with Gasteiger partial charge in [0.2, 0.25) is 0 Å². The zero-order chi connectivity index (χ0) is 17.0. The lowest BCUT2D eigenvalue weighted by molar-refractivity contribution is -0.137. The van der Waals surface area contributed by atoms with Crippen molar-refractivity contribution in [3.8, 4) is 11.5 Å². The van der Waals surface area contributed by atoms with Crippen LogP contribution in [0.5, 0.6) is 11.5 Å². The standard InChI is InChI=1S/C16H13ClF3NO2/c1-2-23-14-8-11(17)7-10(15(14)22)9-21-13-6-4-3-5-12(13)16(18,19)20/h3-9,22H,2H2,1H3. The molecule has 0 amide bonds. The number of halogens is 4. The van der Waals surface area contributed by atoms with Gasteiger partial charge in [-0.25, -0.2) is 0 Å². The van der Waals surface area contributed by atoms with Crippen LogP contribution in [0.1, 0.15) is 18.1 Å². The van der Waals surface area contributed by atoms with E-state index in [-0.39, 0.29) is 27.8 Å². The Morgan fingerprint density at radius 2 is 1.96 bits per heavy atom. The third-order valence-corrected chi connectivity index (χ3v) is 3.14. The topological polar surface area (TPSA) is 41.8 Å². The zero-order valence-corrected chi connectivity index (χ0v) is 12.8. The summed E-state index contributed by atoms with van der Waals surface area (Å²) in [6.07, 6.45) is -3.39. The number of ether oxygens (including phenoxy) is 1. The first-order chi connectivity index (χ1) is 10.8. The zero-order valence-electron chi connectivity index (χ0n) is 12.1. The fourth-order valence-electron chi connectivity index (χ4n) is 1.92. The summed E-state index contributed by atoms with van der Waals surface area (Å²) >= 11 is 5.91. The fraction of sp³-hybridized carbons (Fsp3) is 0.188. The Morgan fingerprint density at radius 3 is 2.61 bits per heavy atom. The number of phenols is 1. The molecule has 0 aliphatic rings. The van der Waals surface area contributed by atoms with E-state index in [1.54, 1.807) is 6.92 Å². The van der Waals surface area contributed by atoms with Crippen molar-refractivity contribution in [3.05, 3.63) is 52.5 Å². The summed E-state index contributed by atoms with van der Waals surface area (Å²) in [6.45, 7) is 2.04. The van der Waals surface area contributed by atoms with Gasteiger partial charge in [-0.3, -0.25) is 4.99 Å². The van der Waals surface area contributed by atoms with E-state index < -0.39 is 11.7 Å². The molecule has 2 aromatic carbocycles. The molecule has 0 aliphatic heterocycles. The number of nitrogens with zero attached hydrogens (tertiary/aromatic N) is 1. The molecule has 0 saturated carbocycles. The first kappa shape index (κ1) is 17.1. The lowest BCUT2D eigenvalue weighted by Gasteiger charge is -2.10. The van der Waals surface area contributed by atoms with Crippen LogP contribution in [-0.2, 0) is 6.18 Å². The lowest BCUT2D eigenvalue weighted by atomic mass is 10.1. The van der Waals surface area contributed by atoms with E-state index in [0.717, 1.165) is 12.3 Å². The van der Waals surface area contributed by atoms with Gasteiger partial charge in [0.05, 0.1) is 17.9 Å². The van der Waals surface area contributed by atoms with Crippen molar-refractivity contribution in [3.63, 3.8) is 0 Å². The van der Waals surface area contributed by atoms with Crippen molar-refractivity contribution < 1.29 is 23.0 Å². The average Bonchev–Trinajstić information content (AvgIpc) is 2.48. The predicted octanol–water partition coefficient (Wildman–Crippen LogP) is 5.21. The van der Waals surface area contributed by atoms with Crippen LogP contribution in [0.4, 0.5) is 18.9 Å². The van der Waals surface area contributed by atoms with Crippen LogP contribution < -0.4 is 4.74 Å². The molecule has 0 aliphatic carbocycles. The maximum atomic E-state index is 12.9. The monoisotopic (exact) mass is 343 g/mol. The Balaban J connectivity index is 2.42. The highest BCUT2D eigenvalue weighted by atomic mass is 35.5. The number of aromatic hydroxyl groups is 1. The molecule has 23 heavy (non-hydrogen) atoms. The molecule has 2 aromatic rings. The molecule has 0 atom stereocenters. The van der Waals surface area contributed by atoms with Crippen LogP contribution in [0.2, 0.25) is 5.02 Å². The van der Waals surface area contributed by atoms with Gasteiger partial charge in [0, 0.05) is 22.9 Å². The SMILES string of the molecule is CCOc1cc(Cl)cc(C=Nc2ccccc2C(F)(F)F)c1O. The highest BCUT2D eigenvalue weighted by Gasteiger charge is 2.33. The average molecular weight is 344 g/mol. The second-order valence-corrected chi connectivity index (χ2v) is 4.98. The summed E-state index contributed by atoms with van der Waals surface area (Å²) in [6, 6.07) is 7.72. The van der Waals surface area contributed by atoms with E-state index >= 15 is 0 Å². The fourth-order valence-corrected chi connectivity index (χ4v) is 2.14. The Kier molecular flexibility index (Phi) is 5.15. The first-order valence-electron chi connectivity index (χ1n) is 6.68. The predicted molar refractivity (Wildman–Crippen MR) is 83.0 cm³/mol. The molecule has 0 unspecified atom stereocenters. The van der Waals surface area contributed by atoms with E-state index in [0.29, 0.717) is 6.61 Å². The van der Waals surface area contributed by atoms with Crippen molar-refractivity contribution in [2.45, 2.75) is 13.1 Å². The summed E-state index contributed by atoms with van der Waals surface area (Å²) < 4.78 is 44.0. The van der Waals surface area contributed by atoms with Crippen LogP contribution in [0.15, 0.2) is 41.4 Å². The maximum absolute atomic E-state index is 12.9. The Hall–Kier alpha value is -2.21. The Morgan fingerprint density at radius 1 is 1.26 bits per heavy atom. The number of para-hydroxylation sites is 1. The van der Waals surface area contributed by atoms with Gasteiger partial charge in [-0.15, -0.1) is 0 Å². The molecule has 0 bridgehead atoms. The van der Waals surface area contributed by atoms with Crippen molar-refractivity contribution in [1.29, 1.82) is 0 Å². The first-order valence-corrected chi connectivity index (χ1v) is 7.06. The van der Waals surface area contributed by atoms with Gasteiger partial charge >= 0.3 is 6.18 Å². The Labute approximate surface area is 136 Å². The minimum Gasteiger partial charge on any atom is -0.504 e. The number of hydrogen-bond donors (Lipinski definition) is 1. The van der Waals surface area contributed by atoms with E-state index in [9.17, 15) is 18.3 Å². The van der Waals surface area contributed by atoms with E-state index in [1.165, 1.54) is 30.3 Å². The van der Waals surface area contributed by atoms with E-state index in [4.69, 9.17) is 16.3 Å². The number of alkyl halides is 3. The lowest BCUT2D eigenvalue weighted by Crippen LogP contribution is -2.04. The molecule has 0 radical (unpaired) electrons. The second-order valence-electron chi connectivity index (χ2n) is 4.55. The second kappa shape index (κ2) is 6.91. The molecule has 0 heterocycles. The molecule has 122 valence electrons. The molecular formula is C16H13ClF3NO2. The van der Waals surface area contributed by atoms with Crippen LogP contribution >= 0.6 is 11.6 Å². The van der Waals surface area contributed by atoms with Crippen LogP contribution in [0, 0.1) is 0 Å². The smallest absolute Gasteiger partial charge is 0.418 e. The summed E-state index contributed by atoms with van der Waals surface area (Å²) in [4.78, 5) is 3.83. The Bertz CT molecular complexity index is 730. The summed E-state index contributed by atoms with van der Waals surface area (Å²) in [7, 11) is 0. The summed E-state index contributed by atoms with van der Waals surface area (Å²) in [5, 5.41) is 10.3. The third-order valence-electron chi connectivity index (χ3n) is 2.92. The van der Waals surface area contributed by atoms with Gasteiger partial charge < -0.3 is 9.84 Å².